The standard InChI is InChI=1S/C13H27N/c1-4-5-6-9-14-13-10-11(2)7-8-12(13)3/h11-14H,4-10H2,1-3H3. The molecule has 3 unspecified atom stereocenters. The highest BCUT2D eigenvalue weighted by atomic mass is 14.9. The van der Waals surface area contributed by atoms with Crippen LogP contribution in [-0.2, 0) is 0 Å². The SMILES string of the molecule is CCCCCNC1CC(C)CCC1C. The Labute approximate surface area is 89.7 Å². The number of hydrogen-bond acceptors (Lipinski definition) is 1. The van der Waals surface area contributed by atoms with Gasteiger partial charge in [0, 0.05) is 6.04 Å². The molecule has 1 saturated carbocycles. The molecule has 1 rings (SSSR count). The molecule has 1 heteroatoms. The molecule has 0 aromatic rings. The highest BCUT2D eigenvalue weighted by Crippen LogP contribution is 2.28. The fourth-order valence-electron chi connectivity index (χ4n) is 2.48. The molecule has 0 aromatic carbocycles. The minimum atomic E-state index is 0.801. The van der Waals surface area contributed by atoms with Crippen molar-refractivity contribution >= 4 is 0 Å². The minimum absolute atomic E-state index is 0.801. The van der Waals surface area contributed by atoms with Crippen LogP contribution < -0.4 is 5.32 Å². The van der Waals surface area contributed by atoms with Crippen LogP contribution >= 0.6 is 0 Å². The van der Waals surface area contributed by atoms with E-state index in [1.807, 2.05) is 0 Å². The van der Waals surface area contributed by atoms with Gasteiger partial charge in [-0.05, 0) is 37.6 Å². The Balaban J connectivity index is 2.14. The van der Waals surface area contributed by atoms with Crippen molar-refractivity contribution in [3.05, 3.63) is 0 Å². The molecule has 1 fully saturated rings. The molecule has 0 aliphatic heterocycles. The summed E-state index contributed by atoms with van der Waals surface area (Å²) < 4.78 is 0. The number of hydrogen-bond donors (Lipinski definition) is 1. The molecule has 84 valence electrons. The van der Waals surface area contributed by atoms with Gasteiger partial charge in [0.25, 0.3) is 0 Å². The molecule has 0 heterocycles. The average molecular weight is 197 g/mol. The van der Waals surface area contributed by atoms with Gasteiger partial charge in [0.05, 0.1) is 0 Å². The molecule has 0 spiro atoms. The van der Waals surface area contributed by atoms with E-state index in [4.69, 9.17) is 0 Å². The summed E-state index contributed by atoms with van der Waals surface area (Å²) in [5, 5.41) is 3.74. The zero-order valence-corrected chi connectivity index (χ0v) is 10.2. The smallest absolute Gasteiger partial charge is 0.00952 e. The highest BCUT2D eigenvalue weighted by Gasteiger charge is 2.24. The lowest BCUT2D eigenvalue weighted by Gasteiger charge is -2.33. The Morgan fingerprint density at radius 2 is 1.93 bits per heavy atom. The van der Waals surface area contributed by atoms with Crippen LogP contribution in [0.2, 0.25) is 0 Å². The Kier molecular flexibility index (Phi) is 5.54. The molecule has 0 aromatic heterocycles. The zero-order chi connectivity index (χ0) is 10.4. The van der Waals surface area contributed by atoms with Gasteiger partial charge in [-0.1, -0.05) is 40.0 Å². The van der Waals surface area contributed by atoms with E-state index >= 15 is 0 Å². The number of rotatable bonds is 5. The van der Waals surface area contributed by atoms with Gasteiger partial charge in [-0.3, -0.25) is 0 Å². The highest BCUT2D eigenvalue weighted by molar-refractivity contribution is 4.80. The Hall–Kier alpha value is -0.0400. The maximum Gasteiger partial charge on any atom is 0.00952 e. The van der Waals surface area contributed by atoms with Gasteiger partial charge < -0.3 is 5.32 Å². The zero-order valence-electron chi connectivity index (χ0n) is 10.2. The van der Waals surface area contributed by atoms with Crippen LogP contribution in [0.15, 0.2) is 0 Å². The molecule has 1 N–H and O–H groups in total. The average Bonchev–Trinajstić information content (AvgIpc) is 2.18. The van der Waals surface area contributed by atoms with Crippen molar-refractivity contribution in [3.8, 4) is 0 Å². The lowest BCUT2D eigenvalue weighted by Crippen LogP contribution is -2.39. The van der Waals surface area contributed by atoms with Crippen LogP contribution in [0.3, 0.4) is 0 Å². The van der Waals surface area contributed by atoms with E-state index in [0.29, 0.717) is 0 Å². The topological polar surface area (TPSA) is 12.0 Å². The second-order valence-corrected chi connectivity index (χ2v) is 5.16. The third-order valence-corrected chi connectivity index (χ3v) is 3.64. The molecule has 0 radical (unpaired) electrons. The van der Waals surface area contributed by atoms with E-state index in [2.05, 4.69) is 26.1 Å². The first-order valence-electron chi connectivity index (χ1n) is 6.47. The van der Waals surface area contributed by atoms with Crippen LogP contribution in [0.1, 0.15) is 59.3 Å². The van der Waals surface area contributed by atoms with E-state index in [1.54, 1.807) is 0 Å². The summed E-state index contributed by atoms with van der Waals surface area (Å²) >= 11 is 0. The van der Waals surface area contributed by atoms with Gasteiger partial charge in [-0.15, -0.1) is 0 Å². The van der Waals surface area contributed by atoms with E-state index in [9.17, 15) is 0 Å². The summed E-state index contributed by atoms with van der Waals surface area (Å²) in [5.74, 6) is 1.84. The van der Waals surface area contributed by atoms with Crippen LogP contribution in [0, 0.1) is 11.8 Å². The molecule has 0 saturated heterocycles. The largest absolute Gasteiger partial charge is 0.314 e. The van der Waals surface area contributed by atoms with Crippen LogP contribution in [-0.4, -0.2) is 12.6 Å². The van der Waals surface area contributed by atoms with Gasteiger partial charge in [-0.25, -0.2) is 0 Å². The summed E-state index contributed by atoms with van der Waals surface area (Å²) in [6, 6.07) is 0.801. The first kappa shape index (κ1) is 12.0. The molecule has 0 bridgehead atoms. The van der Waals surface area contributed by atoms with Gasteiger partial charge in [0.15, 0.2) is 0 Å². The van der Waals surface area contributed by atoms with Crippen molar-refractivity contribution in [1.82, 2.24) is 5.32 Å². The summed E-state index contributed by atoms with van der Waals surface area (Å²) in [6.07, 6.45) is 8.32. The molecule has 0 amide bonds. The number of unbranched alkanes of at least 4 members (excludes halogenated alkanes) is 2. The second-order valence-electron chi connectivity index (χ2n) is 5.16. The fourth-order valence-corrected chi connectivity index (χ4v) is 2.48. The maximum atomic E-state index is 3.74. The van der Waals surface area contributed by atoms with Gasteiger partial charge in [-0.2, -0.15) is 0 Å². The van der Waals surface area contributed by atoms with Crippen molar-refractivity contribution in [2.24, 2.45) is 11.8 Å². The fraction of sp³-hybridized carbons (Fsp3) is 1.00. The van der Waals surface area contributed by atoms with Crippen LogP contribution in [0.4, 0.5) is 0 Å². The quantitative estimate of drug-likeness (QED) is 0.664. The van der Waals surface area contributed by atoms with Crippen molar-refractivity contribution in [2.45, 2.75) is 65.3 Å². The molecule has 14 heavy (non-hydrogen) atoms. The monoisotopic (exact) mass is 197 g/mol. The normalized spacial score (nSPS) is 33.2. The van der Waals surface area contributed by atoms with Gasteiger partial charge in [0.2, 0.25) is 0 Å². The first-order valence-corrected chi connectivity index (χ1v) is 6.47. The Morgan fingerprint density at radius 1 is 1.14 bits per heavy atom. The van der Waals surface area contributed by atoms with Crippen LogP contribution in [0.25, 0.3) is 0 Å². The summed E-state index contributed by atoms with van der Waals surface area (Å²) in [6.45, 7) is 8.30. The molecular weight excluding hydrogens is 170 g/mol. The Morgan fingerprint density at radius 3 is 2.64 bits per heavy atom. The first-order chi connectivity index (χ1) is 6.74. The molecule has 1 nitrogen and oxygen atoms in total. The minimum Gasteiger partial charge on any atom is -0.314 e. The van der Waals surface area contributed by atoms with E-state index in [-0.39, 0.29) is 0 Å². The van der Waals surface area contributed by atoms with Crippen molar-refractivity contribution in [3.63, 3.8) is 0 Å². The summed E-state index contributed by atoms with van der Waals surface area (Å²) in [4.78, 5) is 0. The van der Waals surface area contributed by atoms with Crippen molar-refractivity contribution < 1.29 is 0 Å². The van der Waals surface area contributed by atoms with Gasteiger partial charge >= 0.3 is 0 Å². The van der Waals surface area contributed by atoms with E-state index < -0.39 is 0 Å². The van der Waals surface area contributed by atoms with E-state index in [0.717, 1.165) is 17.9 Å². The lowest BCUT2D eigenvalue weighted by molar-refractivity contribution is 0.228. The summed E-state index contributed by atoms with van der Waals surface area (Å²) in [5.41, 5.74) is 0. The van der Waals surface area contributed by atoms with E-state index in [1.165, 1.54) is 45.1 Å². The second kappa shape index (κ2) is 6.44. The summed E-state index contributed by atoms with van der Waals surface area (Å²) in [7, 11) is 0. The van der Waals surface area contributed by atoms with Crippen molar-refractivity contribution in [1.29, 1.82) is 0 Å². The third kappa shape index (κ3) is 4.00. The molecule has 1 aliphatic rings. The predicted octanol–water partition coefficient (Wildman–Crippen LogP) is 3.59. The lowest BCUT2D eigenvalue weighted by atomic mass is 9.80. The molecular formula is C13H27N. The Bertz CT molecular complexity index is 144. The van der Waals surface area contributed by atoms with Crippen molar-refractivity contribution in [2.75, 3.05) is 6.54 Å². The van der Waals surface area contributed by atoms with Gasteiger partial charge in [0.1, 0.15) is 0 Å². The third-order valence-electron chi connectivity index (χ3n) is 3.64. The van der Waals surface area contributed by atoms with Crippen LogP contribution in [0.5, 0.6) is 0 Å². The number of nitrogens with one attached hydrogen (secondary N) is 1. The molecule has 3 atom stereocenters. The molecule has 1 aliphatic carbocycles. The maximum absolute atomic E-state index is 3.74. The predicted molar refractivity (Wildman–Crippen MR) is 63.5 cm³/mol.